The molecule has 242 valence electrons. The molecule has 0 fully saturated rings. The van der Waals surface area contributed by atoms with Crippen molar-refractivity contribution in [1.82, 2.24) is 10.2 Å². The van der Waals surface area contributed by atoms with E-state index in [1.54, 1.807) is 12.1 Å². The van der Waals surface area contributed by atoms with Gasteiger partial charge in [-0.1, -0.05) is 77.8 Å². The second-order valence-corrected chi connectivity index (χ2v) is 15.0. The molecule has 9 heteroatoms. The van der Waals surface area contributed by atoms with Gasteiger partial charge in [0.15, 0.2) is 0 Å². The van der Waals surface area contributed by atoms with E-state index in [1.165, 1.54) is 29.2 Å². The lowest BCUT2D eigenvalue weighted by Gasteiger charge is -2.35. The highest BCUT2D eigenvalue weighted by Crippen LogP contribution is 2.28. The van der Waals surface area contributed by atoms with Gasteiger partial charge in [-0.15, -0.1) is 0 Å². The van der Waals surface area contributed by atoms with Gasteiger partial charge in [0.05, 0.1) is 10.6 Å². The summed E-state index contributed by atoms with van der Waals surface area (Å²) in [5.41, 5.74) is 4.36. The second-order valence-electron chi connectivity index (χ2n) is 12.7. The Labute approximate surface area is 278 Å². The Bertz CT molecular complexity index is 1790. The van der Waals surface area contributed by atoms with Crippen molar-refractivity contribution >= 4 is 39.1 Å². The van der Waals surface area contributed by atoms with Crippen LogP contribution < -0.4 is 9.62 Å². The lowest BCUT2D eigenvalue weighted by molar-refractivity contribution is -0.140. The molecule has 0 unspecified atom stereocenters. The SMILES string of the molecule is Cc1cccc(CN(C(=O)CN(c2ccc(C)c(C)c2)S(=O)(=O)c2ccc(Cl)cc2)[C@@H](Cc2ccccc2)C(=O)NC(C)(C)C)c1. The van der Waals surface area contributed by atoms with Crippen LogP contribution in [0.25, 0.3) is 0 Å². The van der Waals surface area contributed by atoms with Crippen LogP contribution >= 0.6 is 11.6 Å². The highest BCUT2D eigenvalue weighted by Gasteiger charge is 2.35. The van der Waals surface area contributed by atoms with Crippen molar-refractivity contribution in [3.63, 3.8) is 0 Å². The average molecular weight is 660 g/mol. The van der Waals surface area contributed by atoms with Crippen LogP contribution in [0.15, 0.2) is 102 Å². The maximum atomic E-state index is 14.6. The monoisotopic (exact) mass is 659 g/mol. The molecule has 0 aliphatic rings. The number of anilines is 1. The number of nitrogens with one attached hydrogen (secondary N) is 1. The lowest BCUT2D eigenvalue weighted by Crippen LogP contribution is -2.56. The van der Waals surface area contributed by atoms with Crippen LogP contribution in [0, 0.1) is 20.8 Å². The number of aryl methyl sites for hydroxylation is 3. The second kappa shape index (κ2) is 14.5. The third-order valence-electron chi connectivity index (χ3n) is 7.66. The number of rotatable bonds is 11. The van der Waals surface area contributed by atoms with Gasteiger partial charge in [-0.3, -0.25) is 13.9 Å². The summed E-state index contributed by atoms with van der Waals surface area (Å²) >= 11 is 6.08. The molecule has 0 saturated heterocycles. The van der Waals surface area contributed by atoms with E-state index in [9.17, 15) is 18.0 Å². The molecule has 7 nitrogen and oxygen atoms in total. The van der Waals surface area contributed by atoms with Gasteiger partial charge < -0.3 is 10.2 Å². The number of carbonyl (C=O) groups excluding carboxylic acids is 2. The van der Waals surface area contributed by atoms with Crippen molar-refractivity contribution in [2.75, 3.05) is 10.8 Å². The Kier molecular flexibility index (Phi) is 11.0. The van der Waals surface area contributed by atoms with Gasteiger partial charge in [0.2, 0.25) is 11.8 Å². The summed E-state index contributed by atoms with van der Waals surface area (Å²) in [4.78, 5) is 30.1. The number of carbonyl (C=O) groups is 2. The van der Waals surface area contributed by atoms with Crippen LogP contribution in [0.5, 0.6) is 0 Å². The van der Waals surface area contributed by atoms with Crippen molar-refractivity contribution in [1.29, 1.82) is 0 Å². The standard InChI is InChI=1S/C37H42ClN3O4S/c1-26-11-10-14-30(21-26)24-40(34(36(43)39-37(4,5)6)23-29-12-8-7-9-13-29)35(42)25-41(32-18-15-27(2)28(3)22-32)46(44,45)33-19-16-31(38)17-20-33/h7-22,34H,23-25H2,1-6H3,(H,39,43)/t34-/m0/s1. The molecule has 4 aromatic carbocycles. The summed E-state index contributed by atoms with van der Waals surface area (Å²) in [6.07, 6.45) is 0.244. The molecule has 0 aliphatic heterocycles. The largest absolute Gasteiger partial charge is 0.350 e. The maximum Gasteiger partial charge on any atom is 0.264 e. The first-order valence-electron chi connectivity index (χ1n) is 15.2. The van der Waals surface area contributed by atoms with Gasteiger partial charge in [0, 0.05) is 23.5 Å². The summed E-state index contributed by atoms with van der Waals surface area (Å²) in [6.45, 7) is 11.0. The molecular weight excluding hydrogens is 618 g/mol. The molecule has 0 saturated carbocycles. The van der Waals surface area contributed by atoms with Crippen LogP contribution in [0.3, 0.4) is 0 Å². The van der Waals surface area contributed by atoms with Crippen molar-refractivity contribution < 1.29 is 18.0 Å². The summed E-state index contributed by atoms with van der Waals surface area (Å²) < 4.78 is 29.6. The van der Waals surface area contributed by atoms with E-state index < -0.39 is 34.1 Å². The Morgan fingerprint density at radius 1 is 0.804 bits per heavy atom. The van der Waals surface area contributed by atoms with Crippen molar-refractivity contribution in [3.05, 3.63) is 130 Å². The number of benzene rings is 4. The van der Waals surface area contributed by atoms with Crippen LogP contribution in [0.4, 0.5) is 5.69 Å². The first kappa shape index (κ1) is 34.7. The zero-order valence-corrected chi connectivity index (χ0v) is 28.8. The van der Waals surface area contributed by atoms with Gasteiger partial charge in [-0.05, 0) is 100 Å². The third-order valence-corrected chi connectivity index (χ3v) is 9.70. The minimum Gasteiger partial charge on any atom is -0.350 e. The van der Waals surface area contributed by atoms with Crippen molar-refractivity contribution in [2.24, 2.45) is 0 Å². The fraction of sp³-hybridized carbons (Fsp3) is 0.297. The van der Waals surface area contributed by atoms with Gasteiger partial charge in [-0.2, -0.15) is 0 Å². The average Bonchev–Trinajstić information content (AvgIpc) is 2.99. The molecule has 0 bridgehead atoms. The normalized spacial score (nSPS) is 12.3. The van der Waals surface area contributed by atoms with Crippen LogP contribution in [-0.2, 0) is 32.6 Å². The first-order chi connectivity index (χ1) is 21.6. The van der Waals surface area contributed by atoms with E-state index in [0.717, 1.165) is 32.1 Å². The molecular formula is C37H42ClN3O4S. The fourth-order valence-corrected chi connectivity index (χ4v) is 6.69. The van der Waals surface area contributed by atoms with E-state index in [4.69, 9.17) is 11.6 Å². The number of halogens is 1. The molecule has 46 heavy (non-hydrogen) atoms. The van der Waals surface area contributed by atoms with Crippen LogP contribution in [0.1, 0.15) is 48.6 Å². The Morgan fingerprint density at radius 3 is 2.07 bits per heavy atom. The Morgan fingerprint density at radius 2 is 1.46 bits per heavy atom. The Balaban J connectivity index is 1.84. The summed E-state index contributed by atoms with van der Waals surface area (Å²) in [5, 5.41) is 3.45. The summed E-state index contributed by atoms with van der Waals surface area (Å²) in [7, 11) is -4.22. The molecule has 1 atom stereocenters. The molecule has 4 aromatic rings. The Hall–Kier alpha value is -4.14. The third kappa shape index (κ3) is 8.98. The smallest absolute Gasteiger partial charge is 0.264 e. The highest BCUT2D eigenvalue weighted by atomic mass is 35.5. The maximum absolute atomic E-state index is 14.6. The molecule has 0 aromatic heterocycles. The number of hydrogen-bond acceptors (Lipinski definition) is 4. The molecule has 1 N–H and O–H groups in total. The van der Waals surface area contributed by atoms with E-state index in [2.05, 4.69) is 5.32 Å². The molecule has 0 heterocycles. The van der Waals surface area contributed by atoms with E-state index >= 15 is 0 Å². The van der Waals surface area contributed by atoms with E-state index in [0.29, 0.717) is 10.7 Å². The fourth-order valence-electron chi connectivity index (χ4n) is 5.16. The summed E-state index contributed by atoms with van der Waals surface area (Å²) in [5.74, 6) is -0.835. The zero-order valence-electron chi connectivity index (χ0n) is 27.2. The van der Waals surface area contributed by atoms with Gasteiger partial charge >= 0.3 is 0 Å². The molecule has 2 amide bonds. The minimum absolute atomic E-state index is 0.000488. The topological polar surface area (TPSA) is 86.8 Å². The number of sulfonamides is 1. The van der Waals surface area contributed by atoms with Crippen molar-refractivity contribution in [3.8, 4) is 0 Å². The van der Waals surface area contributed by atoms with Crippen LogP contribution in [-0.4, -0.2) is 43.3 Å². The molecule has 0 radical (unpaired) electrons. The molecule has 4 rings (SSSR count). The number of nitrogens with zero attached hydrogens (tertiary/aromatic N) is 2. The zero-order chi connectivity index (χ0) is 33.6. The molecule has 0 spiro atoms. The van der Waals surface area contributed by atoms with Gasteiger partial charge in [0.25, 0.3) is 10.0 Å². The minimum atomic E-state index is -4.22. The molecule has 0 aliphatic carbocycles. The highest BCUT2D eigenvalue weighted by molar-refractivity contribution is 7.92. The van der Waals surface area contributed by atoms with Crippen molar-refractivity contribution in [2.45, 2.75) is 71.0 Å². The van der Waals surface area contributed by atoms with Gasteiger partial charge in [0.1, 0.15) is 12.6 Å². The van der Waals surface area contributed by atoms with Crippen LogP contribution in [0.2, 0.25) is 5.02 Å². The quantitative estimate of drug-likeness (QED) is 0.188. The van der Waals surface area contributed by atoms with E-state index in [1.807, 2.05) is 102 Å². The van der Waals surface area contributed by atoms with E-state index in [-0.39, 0.29) is 23.8 Å². The number of amides is 2. The number of hydrogen-bond donors (Lipinski definition) is 1. The predicted octanol–water partition coefficient (Wildman–Crippen LogP) is 7.02. The first-order valence-corrected chi connectivity index (χ1v) is 17.0. The van der Waals surface area contributed by atoms with Gasteiger partial charge in [-0.25, -0.2) is 8.42 Å². The summed E-state index contributed by atoms with van der Waals surface area (Å²) in [6, 6.07) is 27.5. The lowest BCUT2D eigenvalue weighted by atomic mass is 10.0. The predicted molar refractivity (Wildman–Crippen MR) is 185 cm³/mol.